The average Bonchev–Trinajstić information content (AvgIpc) is 2.75. The Balaban J connectivity index is 1.32. The van der Waals surface area contributed by atoms with Gasteiger partial charge in [0.1, 0.15) is 5.82 Å². The number of nitrogens with zero attached hydrogens (tertiary/aromatic N) is 2. The maximum atomic E-state index is 14.9. The van der Waals surface area contributed by atoms with Crippen LogP contribution in [0.5, 0.6) is 0 Å². The molecule has 3 aliphatic rings. The fourth-order valence-corrected chi connectivity index (χ4v) is 4.71. The van der Waals surface area contributed by atoms with Gasteiger partial charge in [0, 0.05) is 32.6 Å². The molecule has 3 heterocycles. The summed E-state index contributed by atoms with van der Waals surface area (Å²) >= 11 is 0. The van der Waals surface area contributed by atoms with Crippen molar-refractivity contribution in [1.29, 1.82) is 0 Å². The van der Waals surface area contributed by atoms with Gasteiger partial charge in [0.2, 0.25) is 17.7 Å². The lowest BCUT2D eigenvalue weighted by Crippen LogP contribution is -2.50. The Morgan fingerprint density at radius 1 is 1.07 bits per heavy atom. The van der Waals surface area contributed by atoms with Crippen molar-refractivity contribution in [2.45, 2.75) is 37.5 Å². The Hall–Kier alpha value is -2.32. The predicted octanol–water partition coefficient (Wildman–Crippen LogP) is 0.957. The van der Waals surface area contributed by atoms with Crippen molar-refractivity contribution in [1.82, 2.24) is 20.4 Å². The number of amides is 3. The lowest BCUT2D eigenvalue weighted by Gasteiger charge is -2.34. The summed E-state index contributed by atoms with van der Waals surface area (Å²) in [6.07, 6.45) is 2.32. The van der Waals surface area contributed by atoms with Crippen LogP contribution in [-0.2, 0) is 14.4 Å². The molecule has 0 spiro atoms. The Morgan fingerprint density at radius 3 is 2.47 bits per heavy atom. The van der Waals surface area contributed by atoms with E-state index in [1.807, 2.05) is 11.0 Å². The van der Waals surface area contributed by atoms with E-state index in [0.717, 1.165) is 52.1 Å². The molecule has 30 heavy (non-hydrogen) atoms. The number of likely N-dealkylation sites (tertiary alicyclic amines) is 1. The fourth-order valence-electron chi connectivity index (χ4n) is 4.71. The van der Waals surface area contributed by atoms with Gasteiger partial charge in [-0.2, -0.15) is 0 Å². The summed E-state index contributed by atoms with van der Waals surface area (Å²) < 4.78 is 14.9. The fraction of sp³-hybridized carbons (Fsp3) is 0.591. The van der Waals surface area contributed by atoms with Crippen molar-refractivity contribution in [3.05, 3.63) is 35.1 Å². The summed E-state index contributed by atoms with van der Waals surface area (Å²) in [5.41, 5.74) is 1.31. The summed E-state index contributed by atoms with van der Waals surface area (Å²) in [5.74, 6) is -1.07. The van der Waals surface area contributed by atoms with E-state index in [0.29, 0.717) is 24.1 Å². The van der Waals surface area contributed by atoms with Crippen LogP contribution in [0, 0.1) is 5.82 Å². The van der Waals surface area contributed by atoms with E-state index in [-0.39, 0.29) is 35.9 Å². The molecule has 3 amide bonds. The smallest absolute Gasteiger partial charge is 0.236 e. The van der Waals surface area contributed by atoms with Gasteiger partial charge >= 0.3 is 0 Å². The molecule has 1 unspecified atom stereocenters. The van der Waals surface area contributed by atoms with Crippen LogP contribution in [0.1, 0.15) is 48.6 Å². The van der Waals surface area contributed by atoms with E-state index in [9.17, 15) is 18.8 Å². The van der Waals surface area contributed by atoms with E-state index in [4.69, 9.17) is 0 Å². The first-order chi connectivity index (χ1) is 14.5. The van der Waals surface area contributed by atoms with Gasteiger partial charge in [0.25, 0.3) is 0 Å². The number of rotatable bonds is 4. The van der Waals surface area contributed by atoms with Crippen LogP contribution in [0.15, 0.2) is 18.2 Å². The molecule has 4 rings (SSSR count). The molecule has 3 aliphatic heterocycles. The molecule has 3 fully saturated rings. The molecule has 0 aromatic heterocycles. The van der Waals surface area contributed by atoms with Crippen LogP contribution in [0.3, 0.4) is 0 Å². The second kappa shape index (κ2) is 9.22. The van der Waals surface area contributed by atoms with Gasteiger partial charge in [0.15, 0.2) is 0 Å². The zero-order chi connectivity index (χ0) is 21.1. The van der Waals surface area contributed by atoms with E-state index in [1.165, 1.54) is 6.07 Å². The standard InChI is InChI=1S/C22H29FN4O3/c23-19-13-16(18-3-4-20(28)25-22(18)30)1-2-17(19)15-5-9-26(10-6-15)14-21(29)27-11-7-24-8-12-27/h1-2,13,15,18,24H,3-12,14H2,(H,25,28,30). The number of hydrogen-bond acceptors (Lipinski definition) is 5. The number of halogens is 1. The van der Waals surface area contributed by atoms with Crippen LogP contribution >= 0.6 is 0 Å². The number of imide groups is 1. The highest BCUT2D eigenvalue weighted by atomic mass is 19.1. The van der Waals surface area contributed by atoms with Crippen molar-refractivity contribution in [2.75, 3.05) is 45.8 Å². The number of nitrogens with one attached hydrogen (secondary N) is 2. The van der Waals surface area contributed by atoms with Crippen molar-refractivity contribution >= 4 is 17.7 Å². The average molecular weight is 416 g/mol. The molecule has 162 valence electrons. The third-order valence-electron chi connectivity index (χ3n) is 6.52. The van der Waals surface area contributed by atoms with Crippen LogP contribution in [0.2, 0.25) is 0 Å². The monoisotopic (exact) mass is 416 g/mol. The minimum atomic E-state index is -0.468. The van der Waals surface area contributed by atoms with Gasteiger partial charge < -0.3 is 10.2 Å². The highest BCUT2D eigenvalue weighted by molar-refractivity contribution is 6.00. The van der Waals surface area contributed by atoms with E-state index < -0.39 is 5.92 Å². The Bertz CT molecular complexity index is 817. The van der Waals surface area contributed by atoms with Gasteiger partial charge in [-0.05, 0) is 55.5 Å². The molecule has 2 N–H and O–H groups in total. The second-order valence-electron chi connectivity index (χ2n) is 8.47. The van der Waals surface area contributed by atoms with Crippen LogP contribution in [-0.4, -0.2) is 73.3 Å². The number of carbonyl (C=O) groups is 3. The highest BCUT2D eigenvalue weighted by Gasteiger charge is 2.30. The summed E-state index contributed by atoms with van der Waals surface area (Å²) in [6.45, 7) is 5.21. The van der Waals surface area contributed by atoms with Gasteiger partial charge in [0.05, 0.1) is 12.5 Å². The first-order valence-corrected chi connectivity index (χ1v) is 10.8. The maximum absolute atomic E-state index is 14.9. The summed E-state index contributed by atoms with van der Waals surface area (Å²) in [6, 6.07) is 5.06. The Kier molecular flexibility index (Phi) is 6.43. The third kappa shape index (κ3) is 4.70. The Labute approximate surface area is 176 Å². The third-order valence-corrected chi connectivity index (χ3v) is 6.52. The zero-order valence-electron chi connectivity index (χ0n) is 17.2. The largest absolute Gasteiger partial charge is 0.339 e. The van der Waals surface area contributed by atoms with Crippen LogP contribution in [0.4, 0.5) is 4.39 Å². The topological polar surface area (TPSA) is 81.8 Å². The number of piperazine rings is 1. The molecule has 0 aliphatic carbocycles. The molecule has 8 heteroatoms. The lowest BCUT2D eigenvalue weighted by molar-refractivity contribution is -0.135. The van der Waals surface area contributed by atoms with E-state index in [2.05, 4.69) is 15.5 Å². The first kappa shape index (κ1) is 20.9. The van der Waals surface area contributed by atoms with E-state index in [1.54, 1.807) is 6.07 Å². The van der Waals surface area contributed by atoms with Crippen molar-refractivity contribution in [2.24, 2.45) is 0 Å². The summed E-state index contributed by atoms with van der Waals surface area (Å²) in [4.78, 5) is 39.9. The maximum Gasteiger partial charge on any atom is 0.236 e. The Morgan fingerprint density at radius 2 is 1.80 bits per heavy atom. The minimum absolute atomic E-state index is 0.117. The highest BCUT2D eigenvalue weighted by Crippen LogP contribution is 2.33. The van der Waals surface area contributed by atoms with Crippen molar-refractivity contribution in [3.63, 3.8) is 0 Å². The number of benzene rings is 1. The number of piperidine rings is 2. The molecule has 1 aromatic carbocycles. The second-order valence-corrected chi connectivity index (χ2v) is 8.47. The quantitative estimate of drug-likeness (QED) is 0.715. The lowest BCUT2D eigenvalue weighted by atomic mass is 9.85. The van der Waals surface area contributed by atoms with Crippen molar-refractivity contribution < 1.29 is 18.8 Å². The molecule has 0 saturated carbocycles. The first-order valence-electron chi connectivity index (χ1n) is 10.8. The van der Waals surface area contributed by atoms with Crippen LogP contribution < -0.4 is 10.6 Å². The normalized spacial score (nSPS) is 24.0. The SMILES string of the molecule is O=C1CCC(c2ccc(C3CCN(CC(=O)N4CCNCC4)CC3)c(F)c2)C(=O)N1. The van der Waals surface area contributed by atoms with Crippen LogP contribution in [0.25, 0.3) is 0 Å². The predicted molar refractivity (Wildman–Crippen MR) is 109 cm³/mol. The molecule has 3 saturated heterocycles. The molecule has 1 aromatic rings. The molecular formula is C22H29FN4O3. The molecule has 0 radical (unpaired) electrons. The zero-order valence-corrected chi connectivity index (χ0v) is 17.2. The van der Waals surface area contributed by atoms with Gasteiger partial charge in [-0.3, -0.25) is 24.6 Å². The molecule has 0 bridgehead atoms. The number of carbonyl (C=O) groups excluding carboxylic acids is 3. The van der Waals surface area contributed by atoms with Gasteiger partial charge in [-0.25, -0.2) is 4.39 Å². The van der Waals surface area contributed by atoms with E-state index >= 15 is 0 Å². The van der Waals surface area contributed by atoms with Gasteiger partial charge in [-0.1, -0.05) is 12.1 Å². The number of hydrogen-bond donors (Lipinski definition) is 2. The molecular weight excluding hydrogens is 387 g/mol. The minimum Gasteiger partial charge on any atom is -0.339 e. The van der Waals surface area contributed by atoms with Gasteiger partial charge in [-0.15, -0.1) is 0 Å². The summed E-state index contributed by atoms with van der Waals surface area (Å²) in [7, 11) is 0. The molecule has 7 nitrogen and oxygen atoms in total. The molecule has 1 atom stereocenters. The van der Waals surface area contributed by atoms with Crippen molar-refractivity contribution in [3.8, 4) is 0 Å². The summed E-state index contributed by atoms with van der Waals surface area (Å²) in [5, 5.41) is 5.58.